The van der Waals surface area contributed by atoms with E-state index in [9.17, 15) is 9.18 Å². The van der Waals surface area contributed by atoms with Crippen molar-refractivity contribution in [1.29, 1.82) is 0 Å². The van der Waals surface area contributed by atoms with E-state index in [4.69, 9.17) is 35.3 Å². The van der Waals surface area contributed by atoms with E-state index in [0.29, 0.717) is 45.4 Å². The van der Waals surface area contributed by atoms with E-state index in [0.717, 1.165) is 0 Å². The Morgan fingerprint density at radius 1 is 0.970 bits per heavy atom. The number of ketones is 1. The van der Waals surface area contributed by atoms with Crippen molar-refractivity contribution in [2.24, 2.45) is 0 Å². The van der Waals surface area contributed by atoms with Crippen LogP contribution in [0.25, 0.3) is 6.08 Å². The zero-order valence-corrected chi connectivity index (χ0v) is 18.9. The van der Waals surface area contributed by atoms with Gasteiger partial charge in [-0.1, -0.05) is 17.7 Å². The number of hydrogen-bond acceptors (Lipinski definition) is 6. The lowest BCUT2D eigenvalue weighted by Gasteiger charge is -2.14. The minimum absolute atomic E-state index is 0.134. The third-order valence-electron chi connectivity index (χ3n) is 5.07. The van der Waals surface area contributed by atoms with Crippen LogP contribution in [-0.2, 0) is 6.61 Å². The molecule has 33 heavy (non-hydrogen) atoms. The molecule has 0 fully saturated rings. The summed E-state index contributed by atoms with van der Waals surface area (Å²) >= 11 is 6.05. The van der Waals surface area contributed by atoms with E-state index in [1.54, 1.807) is 42.5 Å². The number of ether oxygens (including phenoxy) is 5. The lowest BCUT2D eigenvalue weighted by molar-refractivity contribution is 0.101. The summed E-state index contributed by atoms with van der Waals surface area (Å²) in [6, 6.07) is 12.5. The molecule has 1 aliphatic heterocycles. The highest BCUT2D eigenvalue weighted by molar-refractivity contribution is 6.31. The van der Waals surface area contributed by atoms with Gasteiger partial charge >= 0.3 is 0 Å². The number of carbonyl (C=O) groups is 1. The second-order valence-corrected chi connectivity index (χ2v) is 7.45. The SMILES string of the molecule is COc1ccc(C=C2Oc3cc(OCc4ccc(F)cc4Cl)ccc3C2=O)c(OC)c1OC. The van der Waals surface area contributed by atoms with Gasteiger partial charge < -0.3 is 23.7 Å². The van der Waals surface area contributed by atoms with Gasteiger partial charge in [-0.15, -0.1) is 0 Å². The molecule has 1 heterocycles. The topological polar surface area (TPSA) is 63.2 Å². The summed E-state index contributed by atoms with van der Waals surface area (Å²) in [5.41, 5.74) is 1.64. The van der Waals surface area contributed by atoms with Gasteiger partial charge in [0.25, 0.3) is 0 Å². The maximum atomic E-state index is 13.2. The molecule has 0 bridgehead atoms. The summed E-state index contributed by atoms with van der Waals surface area (Å²) in [5.74, 6) is 1.62. The van der Waals surface area contributed by atoms with E-state index in [1.807, 2.05) is 0 Å². The van der Waals surface area contributed by atoms with Crippen LogP contribution in [0.2, 0.25) is 5.02 Å². The van der Waals surface area contributed by atoms with E-state index in [-0.39, 0.29) is 23.2 Å². The molecule has 0 amide bonds. The molecule has 0 spiro atoms. The number of methoxy groups -OCH3 is 3. The molecule has 0 aliphatic carbocycles. The second-order valence-electron chi connectivity index (χ2n) is 7.05. The molecule has 0 N–H and O–H groups in total. The average Bonchev–Trinajstić information content (AvgIpc) is 3.12. The highest BCUT2D eigenvalue weighted by Crippen LogP contribution is 2.42. The minimum atomic E-state index is -0.418. The van der Waals surface area contributed by atoms with Gasteiger partial charge in [-0.3, -0.25) is 4.79 Å². The maximum absolute atomic E-state index is 13.2. The molecule has 1 aliphatic rings. The van der Waals surface area contributed by atoms with Crippen molar-refractivity contribution < 1.29 is 32.9 Å². The third kappa shape index (κ3) is 4.45. The van der Waals surface area contributed by atoms with Crippen molar-refractivity contribution in [2.75, 3.05) is 21.3 Å². The zero-order chi connectivity index (χ0) is 23.5. The first-order valence-corrected chi connectivity index (χ1v) is 10.3. The fourth-order valence-corrected chi connectivity index (χ4v) is 3.66. The quantitative estimate of drug-likeness (QED) is 0.413. The van der Waals surface area contributed by atoms with E-state index in [1.165, 1.54) is 33.5 Å². The van der Waals surface area contributed by atoms with Crippen molar-refractivity contribution >= 4 is 23.5 Å². The van der Waals surface area contributed by atoms with Crippen LogP contribution in [0.4, 0.5) is 4.39 Å². The molecular weight excluding hydrogens is 451 g/mol. The number of Topliss-reactive ketones (excluding diaryl/α,β-unsaturated/α-hetero) is 1. The Morgan fingerprint density at radius 2 is 1.76 bits per heavy atom. The lowest BCUT2D eigenvalue weighted by atomic mass is 10.1. The van der Waals surface area contributed by atoms with Gasteiger partial charge in [0.15, 0.2) is 17.3 Å². The highest BCUT2D eigenvalue weighted by atomic mass is 35.5. The van der Waals surface area contributed by atoms with Crippen LogP contribution in [0.15, 0.2) is 54.3 Å². The van der Waals surface area contributed by atoms with Crippen molar-refractivity contribution in [3.05, 3.63) is 81.8 Å². The van der Waals surface area contributed by atoms with E-state index < -0.39 is 5.82 Å². The van der Waals surface area contributed by atoms with Gasteiger partial charge in [0.2, 0.25) is 11.5 Å². The number of fused-ring (bicyclic) bond motifs is 1. The van der Waals surface area contributed by atoms with Crippen LogP contribution < -0.4 is 23.7 Å². The molecule has 0 saturated heterocycles. The molecule has 6 nitrogen and oxygen atoms in total. The fraction of sp³-hybridized carbons (Fsp3) is 0.160. The lowest BCUT2D eigenvalue weighted by Crippen LogP contribution is -2.00. The summed E-state index contributed by atoms with van der Waals surface area (Å²) in [6.07, 6.45) is 1.59. The Bertz CT molecular complexity index is 1250. The first-order chi connectivity index (χ1) is 15.9. The first kappa shape index (κ1) is 22.5. The summed E-state index contributed by atoms with van der Waals surface area (Å²) < 4.78 is 40.9. The minimum Gasteiger partial charge on any atom is -0.493 e. The van der Waals surface area contributed by atoms with Gasteiger partial charge in [-0.25, -0.2) is 4.39 Å². The van der Waals surface area contributed by atoms with Gasteiger partial charge in [0.05, 0.1) is 31.9 Å². The Kier molecular flexibility index (Phi) is 6.42. The Labute approximate surface area is 195 Å². The Balaban J connectivity index is 1.57. The molecule has 4 rings (SSSR count). The average molecular weight is 471 g/mol. The molecule has 3 aromatic carbocycles. The van der Waals surface area contributed by atoms with Crippen LogP contribution >= 0.6 is 11.6 Å². The molecule has 0 radical (unpaired) electrons. The molecule has 0 aromatic heterocycles. The number of benzene rings is 3. The Morgan fingerprint density at radius 3 is 2.45 bits per heavy atom. The van der Waals surface area contributed by atoms with Crippen molar-refractivity contribution in [1.82, 2.24) is 0 Å². The maximum Gasteiger partial charge on any atom is 0.231 e. The highest BCUT2D eigenvalue weighted by Gasteiger charge is 2.28. The van der Waals surface area contributed by atoms with Crippen molar-refractivity contribution in [2.45, 2.75) is 6.61 Å². The molecule has 0 atom stereocenters. The van der Waals surface area contributed by atoms with Gasteiger partial charge in [0, 0.05) is 17.2 Å². The molecular formula is C25H20ClFO6. The monoisotopic (exact) mass is 470 g/mol. The largest absolute Gasteiger partial charge is 0.493 e. The predicted octanol–water partition coefficient (Wildman–Crippen LogP) is 5.70. The molecule has 0 saturated carbocycles. The van der Waals surface area contributed by atoms with Crippen LogP contribution in [0, 0.1) is 5.82 Å². The molecule has 0 unspecified atom stereocenters. The summed E-state index contributed by atoms with van der Waals surface area (Å²) in [7, 11) is 4.53. The van der Waals surface area contributed by atoms with Crippen LogP contribution in [0.3, 0.4) is 0 Å². The van der Waals surface area contributed by atoms with Crippen LogP contribution in [-0.4, -0.2) is 27.1 Å². The molecule has 170 valence electrons. The predicted molar refractivity (Wildman–Crippen MR) is 121 cm³/mol. The normalized spacial score (nSPS) is 13.5. The second kappa shape index (κ2) is 9.42. The number of carbonyl (C=O) groups excluding carboxylic acids is 1. The number of halogens is 2. The molecule has 3 aromatic rings. The van der Waals surface area contributed by atoms with E-state index >= 15 is 0 Å². The fourth-order valence-electron chi connectivity index (χ4n) is 3.44. The van der Waals surface area contributed by atoms with Crippen LogP contribution in [0.5, 0.6) is 28.7 Å². The summed E-state index contributed by atoms with van der Waals surface area (Å²) in [5, 5.41) is 0.275. The van der Waals surface area contributed by atoms with Crippen molar-refractivity contribution in [3.63, 3.8) is 0 Å². The first-order valence-electron chi connectivity index (χ1n) is 9.89. The number of hydrogen-bond donors (Lipinski definition) is 0. The molecule has 8 heteroatoms. The van der Waals surface area contributed by atoms with Gasteiger partial charge in [0.1, 0.15) is 23.9 Å². The summed E-state index contributed by atoms with van der Waals surface area (Å²) in [4.78, 5) is 12.9. The number of rotatable bonds is 7. The van der Waals surface area contributed by atoms with Crippen LogP contribution in [0.1, 0.15) is 21.5 Å². The number of allylic oxidation sites excluding steroid dienone is 1. The standard InChI is InChI=1S/C25H20ClFO6/c1-29-20-9-5-14(24(30-2)25(20)31-3)10-22-23(28)18-8-7-17(12-21(18)33-22)32-13-15-4-6-16(27)11-19(15)26/h4-12H,13H2,1-3H3. The zero-order valence-electron chi connectivity index (χ0n) is 18.1. The Hall–Kier alpha value is -3.71. The third-order valence-corrected chi connectivity index (χ3v) is 5.42. The smallest absolute Gasteiger partial charge is 0.231 e. The van der Waals surface area contributed by atoms with Gasteiger partial charge in [-0.2, -0.15) is 0 Å². The van der Waals surface area contributed by atoms with Crippen molar-refractivity contribution in [3.8, 4) is 28.7 Å². The summed E-state index contributed by atoms with van der Waals surface area (Å²) in [6.45, 7) is 0.136. The van der Waals surface area contributed by atoms with Gasteiger partial charge in [-0.05, 0) is 42.5 Å². The van der Waals surface area contributed by atoms with E-state index in [2.05, 4.69) is 0 Å².